The number of nitrogens with two attached hydrogens (primary N) is 1. The Morgan fingerprint density at radius 1 is 1.50 bits per heavy atom. The van der Waals surface area contributed by atoms with E-state index in [1.54, 1.807) is 0 Å². The molecule has 0 fully saturated rings. The Kier molecular flexibility index (Phi) is 5.33. The number of phenolic OH excluding ortho intramolecular Hbond substituents is 1. The molecule has 1 aromatic rings. The van der Waals surface area contributed by atoms with E-state index in [9.17, 15) is 13.9 Å². The topological polar surface area (TPSA) is 46.2 Å². The molecule has 1 aromatic carbocycles. The van der Waals surface area contributed by atoms with Crippen LogP contribution in [-0.2, 0) is 0 Å². The maximum absolute atomic E-state index is 12.8. The molecule has 0 spiro atoms. The summed E-state index contributed by atoms with van der Waals surface area (Å²) in [5.41, 5.74) is 5.37. The van der Waals surface area contributed by atoms with Crippen LogP contribution < -0.4 is 5.73 Å². The smallest absolute Gasteiger partial charge is 0.134 e. The molecule has 0 saturated carbocycles. The molecule has 0 aliphatic carbocycles. The summed E-state index contributed by atoms with van der Waals surface area (Å²) in [6.45, 7) is -0.844. The monoisotopic (exact) mass is 287 g/mol. The van der Waals surface area contributed by atoms with E-state index in [0.29, 0.717) is 0 Å². The highest BCUT2D eigenvalue weighted by molar-refractivity contribution is 9.10. The Balaban J connectivity index is 0.00000169. The highest BCUT2D eigenvalue weighted by Crippen LogP contribution is 2.32. The minimum atomic E-state index is -0.994. The van der Waals surface area contributed by atoms with Gasteiger partial charge in [-0.05, 0) is 28.1 Å². The molecule has 0 bridgehead atoms. The second-order valence-electron chi connectivity index (χ2n) is 2.59. The van der Waals surface area contributed by atoms with Crippen molar-refractivity contribution in [3.63, 3.8) is 0 Å². The van der Waals surface area contributed by atoms with E-state index < -0.39 is 18.5 Å². The molecule has 0 aromatic heterocycles. The molecule has 1 atom stereocenters. The minimum absolute atomic E-state index is 0. The molecule has 2 nitrogen and oxygen atoms in total. The molecule has 0 heterocycles. The van der Waals surface area contributed by atoms with Crippen LogP contribution in [0.1, 0.15) is 11.6 Å². The van der Waals surface area contributed by atoms with Gasteiger partial charge in [0.2, 0.25) is 0 Å². The molecular formula is C8H9BrClF2NO. The van der Waals surface area contributed by atoms with E-state index in [2.05, 4.69) is 15.9 Å². The highest BCUT2D eigenvalue weighted by atomic mass is 79.9. The van der Waals surface area contributed by atoms with Crippen molar-refractivity contribution >= 4 is 28.3 Å². The van der Waals surface area contributed by atoms with Gasteiger partial charge in [0.25, 0.3) is 0 Å². The second-order valence-corrected chi connectivity index (χ2v) is 3.44. The number of aromatic hydroxyl groups is 1. The molecule has 0 saturated heterocycles. The third kappa shape index (κ3) is 2.80. The summed E-state index contributed by atoms with van der Waals surface area (Å²) in [5.74, 6) is -0.782. The lowest BCUT2D eigenvalue weighted by Gasteiger charge is -2.10. The normalized spacial score (nSPS) is 12.0. The Bertz CT molecular complexity index is 324. The lowest BCUT2D eigenvalue weighted by atomic mass is 10.1. The van der Waals surface area contributed by atoms with E-state index >= 15 is 0 Å². The lowest BCUT2D eigenvalue weighted by Crippen LogP contribution is -2.12. The molecule has 14 heavy (non-hydrogen) atoms. The van der Waals surface area contributed by atoms with Gasteiger partial charge in [0.15, 0.2) is 0 Å². The SMILES string of the molecule is Cl.N[C@H](CF)c1cc(F)cc(Br)c1O. The van der Waals surface area contributed by atoms with Crippen molar-refractivity contribution in [1.29, 1.82) is 0 Å². The van der Waals surface area contributed by atoms with Gasteiger partial charge in [-0.15, -0.1) is 12.4 Å². The zero-order valence-electron chi connectivity index (χ0n) is 7.01. The number of alkyl halides is 1. The Labute approximate surface area is 94.6 Å². The fraction of sp³-hybridized carbons (Fsp3) is 0.250. The largest absolute Gasteiger partial charge is 0.506 e. The van der Waals surface area contributed by atoms with E-state index in [4.69, 9.17) is 5.73 Å². The van der Waals surface area contributed by atoms with E-state index in [1.165, 1.54) is 0 Å². The molecular weight excluding hydrogens is 279 g/mol. The van der Waals surface area contributed by atoms with Crippen LogP contribution in [0.2, 0.25) is 0 Å². The summed E-state index contributed by atoms with van der Waals surface area (Å²) in [7, 11) is 0. The van der Waals surface area contributed by atoms with Crippen LogP contribution in [0.25, 0.3) is 0 Å². The van der Waals surface area contributed by atoms with E-state index in [1.807, 2.05) is 0 Å². The maximum Gasteiger partial charge on any atom is 0.134 e. The standard InChI is InChI=1S/C8H8BrF2NO.ClH/c9-6-2-4(11)1-5(8(6)13)7(12)3-10;/h1-2,7,13H,3,12H2;1H/t7-;/m1./s1. The van der Waals surface area contributed by atoms with Gasteiger partial charge in [0.1, 0.15) is 18.2 Å². The predicted octanol–water partition coefficient (Wildman–Crippen LogP) is 2.68. The second kappa shape index (κ2) is 5.48. The zero-order chi connectivity index (χ0) is 10.0. The molecule has 3 N–H and O–H groups in total. The van der Waals surface area contributed by atoms with Gasteiger partial charge in [0.05, 0.1) is 10.5 Å². The summed E-state index contributed by atoms with van der Waals surface area (Å²) in [6.07, 6.45) is 0. The Morgan fingerprint density at radius 3 is 2.57 bits per heavy atom. The van der Waals surface area contributed by atoms with Gasteiger partial charge in [-0.2, -0.15) is 0 Å². The van der Waals surface area contributed by atoms with Gasteiger partial charge in [-0.25, -0.2) is 8.78 Å². The Morgan fingerprint density at radius 2 is 2.07 bits per heavy atom. The van der Waals surface area contributed by atoms with Crippen LogP contribution in [0.4, 0.5) is 8.78 Å². The first-order valence-electron chi connectivity index (χ1n) is 3.55. The molecule has 0 unspecified atom stereocenters. The molecule has 0 radical (unpaired) electrons. The summed E-state index contributed by atoms with van der Waals surface area (Å²) in [5, 5.41) is 9.36. The van der Waals surface area contributed by atoms with Crippen LogP contribution in [-0.4, -0.2) is 11.8 Å². The average Bonchev–Trinajstić information content (AvgIpc) is 2.10. The first kappa shape index (κ1) is 13.6. The number of halogens is 4. The van der Waals surface area contributed by atoms with Crippen molar-refractivity contribution in [2.24, 2.45) is 5.73 Å². The molecule has 80 valence electrons. The molecule has 1 rings (SSSR count). The first-order valence-corrected chi connectivity index (χ1v) is 4.35. The summed E-state index contributed by atoms with van der Waals surface area (Å²) in [4.78, 5) is 0. The van der Waals surface area contributed by atoms with Crippen LogP contribution in [0, 0.1) is 5.82 Å². The summed E-state index contributed by atoms with van der Waals surface area (Å²) < 4.78 is 25.1. The summed E-state index contributed by atoms with van der Waals surface area (Å²) in [6, 6.07) is 1.11. The minimum Gasteiger partial charge on any atom is -0.506 e. The lowest BCUT2D eigenvalue weighted by molar-refractivity contribution is 0.411. The van der Waals surface area contributed by atoms with Crippen molar-refractivity contribution in [2.45, 2.75) is 6.04 Å². The number of phenols is 1. The molecule has 6 heteroatoms. The van der Waals surface area contributed by atoms with Crippen LogP contribution in [0.5, 0.6) is 5.75 Å². The van der Waals surface area contributed by atoms with E-state index in [0.717, 1.165) is 12.1 Å². The molecule has 0 aliphatic heterocycles. The summed E-state index contributed by atoms with van der Waals surface area (Å²) >= 11 is 2.93. The van der Waals surface area contributed by atoms with Crippen molar-refractivity contribution in [3.05, 3.63) is 28.0 Å². The Hall–Kier alpha value is -0.390. The number of benzene rings is 1. The number of hydrogen-bond acceptors (Lipinski definition) is 2. The van der Waals surface area contributed by atoms with Gasteiger partial charge >= 0.3 is 0 Å². The van der Waals surface area contributed by atoms with Gasteiger partial charge < -0.3 is 10.8 Å². The van der Waals surface area contributed by atoms with Crippen molar-refractivity contribution in [3.8, 4) is 5.75 Å². The van der Waals surface area contributed by atoms with Crippen LogP contribution in [0.15, 0.2) is 16.6 Å². The zero-order valence-corrected chi connectivity index (χ0v) is 9.41. The highest BCUT2D eigenvalue weighted by Gasteiger charge is 2.14. The van der Waals surface area contributed by atoms with Crippen molar-refractivity contribution in [2.75, 3.05) is 6.67 Å². The maximum atomic E-state index is 12.8. The van der Waals surface area contributed by atoms with Crippen molar-refractivity contribution < 1.29 is 13.9 Å². The fourth-order valence-corrected chi connectivity index (χ4v) is 1.40. The molecule has 0 aliphatic rings. The quantitative estimate of drug-likeness (QED) is 0.879. The number of rotatable bonds is 2. The third-order valence-electron chi connectivity index (χ3n) is 1.62. The predicted molar refractivity (Wildman–Crippen MR) is 55.9 cm³/mol. The first-order chi connectivity index (χ1) is 6.06. The van der Waals surface area contributed by atoms with Gasteiger partial charge in [-0.1, -0.05) is 0 Å². The van der Waals surface area contributed by atoms with Crippen LogP contribution >= 0.6 is 28.3 Å². The average molecular weight is 289 g/mol. The fourth-order valence-electron chi connectivity index (χ4n) is 0.952. The third-order valence-corrected chi connectivity index (χ3v) is 2.23. The van der Waals surface area contributed by atoms with Crippen molar-refractivity contribution in [1.82, 2.24) is 0 Å². The number of hydrogen-bond donors (Lipinski definition) is 2. The molecule has 0 amide bonds. The van der Waals surface area contributed by atoms with Crippen LogP contribution in [0.3, 0.4) is 0 Å². The van der Waals surface area contributed by atoms with E-state index in [-0.39, 0.29) is 28.2 Å². The van der Waals surface area contributed by atoms with Gasteiger partial charge in [-0.3, -0.25) is 0 Å². The van der Waals surface area contributed by atoms with Gasteiger partial charge in [0, 0.05) is 5.56 Å².